The van der Waals surface area contributed by atoms with Gasteiger partial charge in [0.25, 0.3) is 0 Å². The molecule has 2 unspecified atom stereocenters. The third-order valence-corrected chi connectivity index (χ3v) is 5.33. The van der Waals surface area contributed by atoms with Crippen LogP contribution >= 0.6 is 11.8 Å². The van der Waals surface area contributed by atoms with Crippen molar-refractivity contribution in [3.8, 4) is 0 Å². The molecule has 1 aromatic carbocycles. The van der Waals surface area contributed by atoms with Crippen LogP contribution in [0.4, 0.5) is 0 Å². The number of hydrogen-bond donors (Lipinski definition) is 1. The van der Waals surface area contributed by atoms with Crippen molar-refractivity contribution in [3.05, 3.63) is 29.8 Å². The Bertz CT molecular complexity index is 404. The van der Waals surface area contributed by atoms with Crippen LogP contribution in [0.1, 0.15) is 31.2 Å². The van der Waals surface area contributed by atoms with Crippen LogP contribution in [0, 0.1) is 0 Å². The molecule has 2 heterocycles. The molecule has 2 saturated heterocycles. The quantitative estimate of drug-likeness (QED) is 0.851. The SMILES string of the molecule is CSc1ccc(CNC2CCN3CCCCC23)cc1. The predicted molar refractivity (Wildman–Crippen MR) is 82.7 cm³/mol. The largest absolute Gasteiger partial charge is 0.308 e. The molecule has 0 radical (unpaired) electrons. The van der Waals surface area contributed by atoms with E-state index in [2.05, 4.69) is 40.7 Å². The minimum absolute atomic E-state index is 0.709. The van der Waals surface area contributed by atoms with E-state index < -0.39 is 0 Å². The summed E-state index contributed by atoms with van der Waals surface area (Å²) in [7, 11) is 0. The summed E-state index contributed by atoms with van der Waals surface area (Å²) in [6, 6.07) is 10.5. The van der Waals surface area contributed by atoms with Gasteiger partial charge in [0.2, 0.25) is 0 Å². The molecule has 2 nitrogen and oxygen atoms in total. The Morgan fingerprint density at radius 2 is 2.00 bits per heavy atom. The molecule has 19 heavy (non-hydrogen) atoms. The third-order valence-electron chi connectivity index (χ3n) is 4.58. The summed E-state index contributed by atoms with van der Waals surface area (Å²) in [5, 5.41) is 3.79. The maximum absolute atomic E-state index is 3.79. The summed E-state index contributed by atoms with van der Waals surface area (Å²) in [6.07, 6.45) is 7.67. The summed E-state index contributed by atoms with van der Waals surface area (Å²) in [6.45, 7) is 3.64. The minimum Gasteiger partial charge on any atom is -0.308 e. The van der Waals surface area contributed by atoms with Crippen LogP contribution in [0.25, 0.3) is 0 Å². The first-order chi connectivity index (χ1) is 9.36. The van der Waals surface area contributed by atoms with Gasteiger partial charge in [-0.05, 0) is 49.8 Å². The van der Waals surface area contributed by atoms with E-state index in [0.29, 0.717) is 6.04 Å². The van der Waals surface area contributed by atoms with Crippen LogP contribution in [0.5, 0.6) is 0 Å². The van der Waals surface area contributed by atoms with E-state index in [1.807, 2.05) is 11.8 Å². The summed E-state index contributed by atoms with van der Waals surface area (Å²) >= 11 is 1.81. The number of rotatable bonds is 4. The van der Waals surface area contributed by atoms with Crippen molar-refractivity contribution < 1.29 is 0 Å². The van der Waals surface area contributed by atoms with E-state index in [1.54, 1.807) is 0 Å². The van der Waals surface area contributed by atoms with Crippen LogP contribution < -0.4 is 5.32 Å². The topological polar surface area (TPSA) is 15.3 Å². The Labute approximate surface area is 121 Å². The van der Waals surface area contributed by atoms with Crippen molar-refractivity contribution in [1.29, 1.82) is 0 Å². The van der Waals surface area contributed by atoms with Gasteiger partial charge in [-0.2, -0.15) is 0 Å². The molecule has 2 aliphatic rings. The zero-order valence-corrected chi connectivity index (χ0v) is 12.6. The van der Waals surface area contributed by atoms with E-state index in [0.717, 1.165) is 12.6 Å². The van der Waals surface area contributed by atoms with E-state index in [9.17, 15) is 0 Å². The molecule has 0 aliphatic carbocycles. The first kappa shape index (κ1) is 13.5. The average Bonchev–Trinajstić information content (AvgIpc) is 2.89. The number of nitrogens with one attached hydrogen (secondary N) is 1. The van der Waals surface area contributed by atoms with Gasteiger partial charge in [0.05, 0.1) is 0 Å². The van der Waals surface area contributed by atoms with Gasteiger partial charge < -0.3 is 5.32 Å². The lowest BCUT2D eigenvalue weighted by molar-refractivity contribution is 0.180. The average molecular weight is 276 g/mol. The summed E-state index contributed by atoms with van der Waals surface area (Å²) in [4.78, 5) is 4.04. The van der Waals surface area contributed by atoms with Gasteiger partial charge in [-0.3, -0.25) is 4.90 Å². The highest BCUT2D eigenvalue weighted by Crippen LogP contribution is 2.27. The van der Waals surface area contributed by atoms with Crippen LogP contribution in [0.2, 0.25) is 0 Å². The first-order valence-corrected chi connectivity index (χ1v) is 8.69. The van der Waals surface area contributed by atoms with Gasteiger partial charge in [0.15, 0.2) is 0 Å². The highest BCUT2D eigenvalue weighted by atomic mass is 32.2. The number of nitrogens with zero attached hydrogens (tertiary/aromatic N) is 1. The van der Waals surface area contributed by atoms with E-state index in [1.165, 1.54) is 49.2 Å². The van der Waals surface area contributed by atoms with E-state index in [4.69, 9.17) is 0 Å². The summed E-state index contributed by atoms with van der Waals surface area (Å²) in [5.74, 6) is 0. The molecule has 0 bridgehead atoms. The number of piperidine rings is 1. The molecule has 2 fully saturated rings. The maximum atomic E-state index is 3.79. The number of fused-ring (bicyclic) bond motifs is 1. The van der Waals surface area contributed by atoms with Crippen molar-refractivity contribution in [2.45, 2.75) is 49.2 Å². The smallest absolute Gasteiger partial charge is 0.0249 e. The van der Waals surface area contributed by atoms with Gasteiger partial charge >= 0.3 is 0 Å². The van der Waals surface area contributed by atoms with Crippen molar-refractivity contribution in [3.63, 3.8) is 0 Å². The Morgan fingerprint density at radius 1 is 1.16 bits per heavy atom. The molecule has 0 saturated carbocycles. The Balaban J connectivity index is 1.54. The Hall–Kier alpha value is -0.510. The first-order valence-electron chi connectivity index (χ1n) is 7.47. The molecule has 0 spiro atoms. The standard InChI is InChI=1S/C16H24N2S/c1-19-14-7-5-13(6-8-14)12-17-15-9-11-18-10-3-2-4-16(15)18/h5-8,15-17H,2-4,9-12H2,1H3. The second-order valence-electron chi connectivity index (χ2n) is 5.72. The van der Waals surface area contributed by atoms with Gasteiger partial charge in [0, 0.05) is 30.1 Å². The monoisotopic (exact) mass is 276 g/mol. The van der Waals surface area contributed by atoms with Crippen molar-refractivity contribution in [1.82, 2.24) is 10.2 Å². The number of benzene rings is 1. The fraction of sp³-hybridized carbons (Fsp3) is 0.625. The second-order valence-corrected chi connectivity index (χ2v) is 6.60. The van der Waals surface area contributed by atoms with E-state index >= 15 is 0 Å². The summed E-state index contributed by atoms with van der Waals surface area (Å²) < 4.78 is 0. The lowest BCUT2D eigenvalue weighted by Crippen LogP contribution is -2.44. The number of thioether (sulfide) groups is 1. The molecule has 0 aromatic heterocycles. The lowest BCUT2D eigenvalue weighted by Gasteiger charge is -2.32. The molecule has 0 amide bonds. The highest BCUT2D eigenvalue weighted by Gasteiger charge is 2.34. The van der Waals surface area contributed by atoms with Gasteiger partial charge in [0.1, 0.15) is 0 Å². The zero-order valence-electron chi connectivity index (χ0n) is 11.8. The molecular weight excluding hydrogens is 252 g/mol. The molecule has 3 heteroatoms. The molecule has 1 aromatic rings. The second kappa shape index (κ2) is 6.29. The molecule has 2 aliphatic heterocycles. The van der Waals surface area contributed by atoms with Gasteiger partial charge in [-0.1, -0.05) is 18.6 Å². The fourth-order valence-electron chi connectivity index (χ4n) is 3.48. The summed E-state index contributed by atoms with van der Waals surface area (Å²) in [5.41, 5.74) is 1.41. The van der Waals surface area contributed by atoms with Crippen molar-refractivity contribution in [2.75, 3.05) is 19.3 Å². The van der Waals surface area contributed by atoms with Crippen LogP contribution in [0.3, 0.4) is 0 Å². The van der Waals surface area contributed by atoms with Crippen LogP contribution in [-0.4, -0.2) is 36.3 Å². The maximum Gasteiger partial charge on any atom is 0.0249 e. The molecule has 3 rings (SSSR count). The van der Waals surface area contributed by atoms with Gasteiger partial charge in [-0.25, -0.2) is 0 Å². The van der Waals surface area contributed by atoms with Crippen LogP contribution in [0.15, 0.2) is 29.2 Å². The van der Waals surface area contributed by atoms with Gasteiger partial charge in [-0.15, -0.1) is 11.8 Å². The molecule has 1 N–H and O–H groups in total. The third kappa shape index (κ3) is 3.15. The zero-order chi connectivity index (χ0) is 13.1. The van der Waals surface area contributed by atoms with Crippen molar-refractivity contribution in [2.24, 2.45) is 0 Å². The lowest BCUT2D eigenvalue weighted by atomic mass is 9.99. The minimum atomic E-state index is 0.709. The highest BCUT2D eigenvalue weighted by molar-refractivity contribution is 7.98. The molecule has 2 atom stereocenters. The Kier molecular flexibility index (Phi) is 4.46. The molecular formula is C16H24N2S. The Morgan fingerprint density at radius 3 is 2.79 bits per heavy atom. The van der Waals surface area contributed by atoms with Crippen molar-refractivity contribution >= 4 is 11.8 Å². The predicted octanol–water partition coefficient (Wildman–Crippen LogP) is 3.12. The van der Waals surface area contributed by atoms with Crippen LogP contribution in [-0.2, 0) is 6.54 Å². The van der Waals surface area contributed by atoms with E-state index in [-0.39, 0.29) is 0 Å². The fourth-order valence-corrected chi connectivity index (χ4v) is 3.89. The number of hydrogen-bond acceptors (Lipinski definition) is 3. The molecule has 104 valence electrons. The normalized spacial score (nSPS) is 27.4.